The van der Waals surface area contributed by atoms with Crippen LogP contribution in [0.15, 0.2) is 48.5 Å². The third-order valence-corrected chi connectivity index (χ3v) is 3.21. The van der Waals surface area contributed by atoms with Gasteiger partial charge in [-0.3, -0.25) is 4.79 Å². The van der Waals surface area contributed by atoms with Gasteiger partial charge in [0.25, 0.3) is 0 Å². The van der Waals surface area contributed by atoms with Crippen LogP contribution in [0, 0.1) is 0 Å². The van der Waals surface area contributed by atoms with Crippen molar-refractivity contribution in [2.24, 2.45) is 0 Å². The normalized spacial score (nSPS) is 10.7. The molecular weight excluding hydrogens is 292 g/mol. The fourth-order valence-electron chi connectivity index (χ4n) is 2.05. The summed E-state index contributed by atoms with van der Waals surface area (Å²) in [5.41, 5.74) is 1.28. The van der Waals surface area contributed by atoms with Gasteiger partial charge in [0, 0.05) is 5.56 Å². The molecule has 0 spiro atoms. The lowest BCUT2D eigenvalue weighted by Gasteiger charge is -2.10. The van der Waals surface area contributed by atoms with Crippen LogP contribution in [0.2, 0.25) is 0 Å². The highest BCUT2D eigenvalue weighted by atomic mass is 16.5. The fourth-order valence-corrected chi connectivity index (χ4v) is 2.05. The van der Waals surface area contributed by atoms with Crippen LogP contribution in [0.4, 0.5) is 0 Å². The molecule has 2 aromatic carbocycles. The number of ketones is 1. The molecule has 120 valence electrons. The van der Waals surface area contributed by atoms with Gasteiger partial charge < -0.3 is 14.6 Å². The highest BCUT2D eigenvalue weighted by Gasteiger charge is 2.06. The standard InChI is InChI=1S/C19H20O4/c1-3-11-23-19-12-14(8-10-18(19)22-2)7-9-17(21)15-5-4-6-16(20)13-15/h4-10,12-13,20H,3,11H2,1-2H3/b9-7+. The molecule has 0 atom stereocenters. The molecule has 0 aliphatic heterocycles. The Morgan fingerprint density at radius 1 is 1.17 bits per heavy atom. The molecule has 0 aliphatic carbocycles. The topological polar surface area (TPSA) is 55.8 Å². The monoisotopic (exact) mass is 312 g/mol. The lowest BCUT2D eigenvalue weighted by molar-refractivity contribution is 0.104. The Morgan fingerprint density at radius 3 is 2.70 bits per heavy atom. The number of carbonyl (C=O) groups excluding carboxylic acids is 1. The molecule has 0 amide bonds. The van der Waals surface area contributed by atoms with E-state index in [-0.39, 0.29) is 11.5 Å². The van der Waals surface area contributed by atoms with Gasteiger partial charge in [-0.25, -0.2) is 0 Å². The maximum atomic E-state index is 12.1. The predicted octanol–water partition coefficient (Wildman–Crippen LogP) is 4.09. The molecule has 0 aromatic heterocycles. The Kier molecular flexibility index (Phi) is 5.80. The lowest BCUT2D eigenvalue weighted by atomic mass is 10.1. The smallest absolute Gasteiger partial charge is 0.185 e. The number of rotatable bonds is 7. The molecule has 1 N–H and O–H groups in total. The molecule has 2 aromatic rings. The van der Waals surface area contributed by atoms with E-state index in [4.69, 9.17) is 9.47 Å². The van der Waals surface area contributed by atoms with Crippen LogP contribution in [0.3, 0.4) is 0 Å². The number of methoxy groups -OCH3 is 1. The van der Waals surface area contributed by atoms with Crippen LogP contribution >= 0.6 is 0 Å². The summed E-state index contributed by atoms with van der Waals surface area (Å²) in [5.74, 6) is 1.22. The third-order valence-electron chi connectivity index (χ3n) is 3.21. The maximum Gasteiger partial charge on any atom is 0.185 e. The van der Waals surface area contributed by atoms with Crippen LogP contribution in [-0.2, 0) is 0 Å². The minimum atomic E-state index is -0.173. The van der Waals surface area contributed by atoms with E-state index in [0.29, 0.717) is 23.7 Å². The first-order valence-electron chi connectivity index (χ1n) is 7.46. The van der Waals surface area contributed by atoms with Gasteiger partial charge in [-0.15, -0.1) is 0 Å². The lowest BCUT2D eigenvalue weighted by Crippen LogP contribution is -1.98. The highest BCUT2D eigenvalue weighted by Crippen LogP contribution is 2.28. The minimum Gasteiger partial charge on any atom is -0.508 e. The van der Waals surface area contributed by atoms with Crippen molar-refractivity contribution in [3.05, 3.63) is 59.7 Å². The summed E-state index contributed by atoms with van der Waals surface area (Å²) in [7, 11) is 1.59. The maximum absolute atomic E-state index is 12.1. The van der Waals surface area contributed by atoms with E-state index in [1.165, 1.54) is 18.2 Å². The second-order valence-electron chi connectivity index (χ2n) is 5.01. The zero-order chi connectivity index (χ0) is 16.7. The number of phenols is 1. The van der Waals surface area contributed by atoms with Gasteiger partial charge in [-0.2, -0.15) is 0 Å². The van der Waals surface area contributed by atoms with Crippen molar-refractivity contribution in [3.8, 4) is 17.2 Å². The number of carbonyl (C=O) groups is 1. The summed E-state index contributed by atoms with van der Waals surface area (Å²) in [5, 5.41) is 9.42. The number of allylic oxidation sites excluding steroid dienone is 1. The second-order valence-corrected chi connectivity index (χ2v) is 5.01. The summed E-state index contributed by atoms with van der Waals surface area (Å²) in [6.45, 7) is 2.63. The van der Waals surface area contributed by atoms with E-state index in [2.05, 4.69) is 0 Å². The first kappa shape index (κ1) is 16.6. The van der Waals surface area contributed by atoms with Gasteiger partial charge in [0.2, 0.25) is 0 Å². The van der Waals surface area contributed by atoms with Crippen LogP contribution in [0.5, 0.6) is 17.2 Å². The Labute approximate surface area is 136 Å². The SMILES string of the molecule is CCCOc1cc(/C=C/C(=O)c2cccc(O)c2)ccc1OC. The molecule has 4 nitrogen and oxygen atoms in total. The molecule has 0 aliphatic rings. The summed E-state index contributed by atoms with van der Waals surface area (Å²) in [6, 6.07) is 11.8. The number of hydrogen-bond donors (Lipinski definition) is 1. The van der Waals surface area contributed by atoms with Gasteiger partial charge in [-0.05, 0) is 42.3 Å². The first-order valence-corrected chi connectivity index (χ1v) is 7.46. The van der Waals surface area contributed by atoms with Crippen molar-refractivity contribution >= 4 is 11.9 Å². The molecule has 0 saturated carbocycles. The average molecular weight is 312 g/mol. The largest absolute Gasteiger partial charge is 0.508 e. The second kappa shape index (κ2) is 8.03. The number of benzene rings is 2. The Morgan fingerprint density at radius 2 is 2.00 bits per heavy atom. The van der Waals surface area contributed by atoms with E-state index in [1.54, 1.807) is 25.3 Å². The average Bonchev–Trinajstić information content (AvgIpc) is 2.57. The molecule has 0 bridgehead atoms. The van der Waals surface area contributed by atoms with Crippen molar-refractivity contribution in [3.63, 3.8) is 0 Å². The summed E-state index contributed by atoms with van der Waals surface area (Å²) in [4.78, 5) is 12.1. The summed E-state index contributed by atoms with van der Waals surface area (Å²) in [6.07, 6.45) is 4.09. The van der Waals surface area contributed by atoms with Crippen LogP contribution in [0.1, 0.15) is 29.3 Å². The van der Waals surface area contributed by atoms with Gasteiger partial charge >= 0.3 is 0 Å². The first-order chi connectivity index (χ1) is 11.1. The number of ether oxygens (including phenoxy) is 2. The summed E-state index contributed by atoms with van der Waals surface area (Å²) >= 11 is 0. The molecule has 0 fully saturated rings. The molecule has 0 unspecified atom stereocenters. The number of aromatic hydroxyl groups is 1. The van der Waals surface area contributed by atoms with E-state index in [0.717, 1.165) is 12.0 Å². The van der Waals surface area contributed by atoms with Crippen molar-refractivity contribution in [2.45, 2.75) is 13.3 Å². The van der Waals surface area contributed by atoms with E-state index >= 15 is 0 Å². The molecular formula is C19H20O4. The molecule has 0 heterocycles. The zero-order valence-electron chi connectivity index (χ0n) is 13.3. The van der Waals surface area contributed by atoms with Crippen molar-refractivity contribution in [1.29, 1.82) is 0 Å². The third kappa shape index (κ3) is 4.61. The van der Waals surface area contributed by atoms with Crippen LogP contribution in [-0.4, -0.2) is 24.6 Å². The summed E-state index contributed by atoms with van der Waals surface area (Å²) < 4.78 is 10.9. The van der Waals surface area contributed by atoms with E-state index in [1.807, 2.05) is 25.1 Å². The quantitative estimate of drug-likeness (QED) is 0.618. The number of hydrogen-bond acceptors (Lipinski definition) is 4. The Balaban J connectivity index is 2.17. The number of phenolic OH excluding ortho intramolecular Hbond substituents is 1. The van der Waals surface area contributed by atoms with Crippen LogP contribution < -0.4 is 9.47 Å². The van der Waals surface area contributed by atoms with Gasteiger partial charge in [0.15, 0.2) is 17.3 Å². The predicted molar refractivity (Wildman–Crippen MR) is 90.3 cm³/mol. The molecule has 0 saturated heterocycles. The van der Waals surface area contributed by atoms with Crippen LogP contribution in [0.25, 0.3) is 6.08 Å². The molecule has 2 rings (SSSR count). The van der Waals surface area contributed by atoms with Gasteiger partial charge in [0.1, 0.15) is 5.75 Å². The molecule has 0 radical (unpaired) electrons. The van der Waals surface area contributed by atoms with Gasteiger partial charge in [0.05, 0.1) is 13.7 Å². The fraction of sp³-hybridized carbons (Fsp3) is 0.211. The van der Waals surface area contributed by atoms with E-state index in [9.17, 15) is 9.90 Å². The van der Waals surface area contributed by atoms with Crippen molar-refractivity contribution in [2.75, 3.05) is 13.7 Å². The minimum absolute atomic E-state index is 0.0731. The van der Waals surface area contributed by atoms with E-state index < -0.39 is 0 Å². The Bertz CT molecular complexity index is 704. The van der Waals surface area contributed by atoms with Crippen molar-refractivity contribution in [1.82, 2.24) is 0 Å². The zero-order valence-corrected chi connectivity index (χ0v) is 13.3. The highest BCUT2D eigenvalue weighted by molar-refractivity contribution is 6.07. The molecule has 4 heteroatoms. The molecule has 23 heavy (non-hydrogen) atoms. The van der Waals surface area contributed by atoms with Gasteiger partial charge in [-0.1, -0.05) is 31.2 Å². The Hall–Kier alpha value is -2.75. The van der Waals surface area contributed by atoms with Crippen molar-refractivity contribution < 1.29 is 19.4 Å².